The molecule has 2 amide bonds. The highest BCUT2D eigenvalue weighted by atomic mass is 16.2. The fraction of sp³-hybridized carbons (Fsp3) is 0.250. The Morgan fingerprint density at radius 1 is 1.18 bits per heavy atom. The van der Waals surface area contributed by atoms with Crippen LogP contribution in [-0.4, -0.2) is 26.9 Å². The lowest BCUT2D eigenvalue weighted by atomic mass is 10.2. The van der Waals surface area contributed by atoms with Gasteiger partial charge in [0.05, 0.1) is 0 Å². The maximum Gasteiger partial charge on any atom is 0.320 e. The van der Waals surface area contributed by atoms with Crippen molar-refractivity contribution in [2.24, 2.45) is 7.05 Å². The zero-order valence-corrected chi connectivity index (χ0v) is 12.5. The predicted octanol–water partition coefficient (Wildman–Crippen LogP) is 2.59. The fourth-order valence-corrected chi connectivity index (χ4v) is 2.43. The smallest absolute Gasteiger partial charge is 0.320 e. The van der Waals surface area contributed by atoms with Crippen molar-refractivity contribution in [1.29, 1.82) is 0 Å². The summed E-state index contributed by atoms with van der Waals surface area (Å²) < 4.78 is 3.85. The third-order valence-corrected chi connectivity index (χ3v) is 3.50. The van der Waals surface area contributed by atoms with Crippen molar-refractivity contribution in [2.45, 2.75) is 13.0 Å². The van der Waals surface area contributed by atoms with Crippen LogP contribution in [0.3, 0.4) is 0 Å². The van der Waals surface area contributed by atoms with Crippen LogP contribution in [0, 0.1) is 0 Å². The monoisotopic (exact) mass is 297 g/mol. The molecule has 3 aromatic rings. The highest BCUT2D eigenvalue weighted by Gasteiger charge is 2.03. The summed E-state index contributed by atoms with van der Waals surface area (Å²) in [7, 11) is 1.81. The Kier molecular flexibility index (Phi) is 4.09. The van der Waals surface area contributed by atoms with E-state index in [1.54, 1.807) is 16.9 Å². The number of carbonyl (C=O) groups excluding carboxylic acids is 1. The quantitative estimate of drug-likeness (QED) is 0.711. The highest BCUT2D eigenvalue weighted by molar-refractivity contribution is 5.88. The van der Waals surface area contributed by atoms with Gasteiger partial charge in [0.25, 0.3) is 0 Å². The van der Waals surface area contributed by atoms with Crippen molar-refractivity contribution in [3.8, 4) is 0 Å². The number of hydrogen-bond donors (Lipinski definition) is 2. The molecule has 3 rings (SSSR count). The van der Waals surface area contributed by atoms with Gasteiger partial charge in [0.1, 0.15) is 0 Å². The largest absolute Gasteiger partial charge is 0.347 e. The minimum Gasteiger partial charge on any atom is -0.347 e. The van der Waals surface area contributed by atoms with Crippen LogP contribution in [0.15, 0.2) is 48.8 Å². The summed E-state index contributed by atoms with van der Waals surface area (Å²) in [5, 5.41) is 10.9. The van der Waals surface area contributed by atoms with E-state index in [-0.39, 0.29) is 6.03 Å². The second-order valence-electron chi connectivity index (χ2n) is 5.18. The maximum absolute atomic E-state index is 11.7. The number of aryl methyl sites for hydroxylation is 2. The number of rotatable bonds is 5. The zero-order chi connectivity index (χ0) is 15.4. The summed E-state index contributed by atoms with van der Waals surface area (Å²) >= 11 is 0. The van der Waals surface area contributed by atoms with E-state index in [1.807, 2.05) is 19.2 Å². The lowest BCUT2D eigenvalue weighted by Crippen LogP contribution is -2.30. The van der Waals surface area contributed by atoms with Gasteiger partial charge in [-0.15, -0.1) is 0 Å². The molecule has 2 heterocycles. The molecule has 0 aliphatic rings. The molecular formula is C16H19N5O. The van der Waals surface area contributed by atoms with Gasteiger partial charge in [-0.05, 0) is 23.9 Å². The molecule has 0 spiro atoms. The molecule has 2 N–H and O–H groups in total. The van der Waals surface area contributed by atoms with Crippen LogP contribution in [0.1, 0.15) is 6.42 Å². The number of nitrogens with one attached hydrogen (secondary N) is 2. The number of nitrogens with zero attached hydrogens (tertiary/aromatic N) is 3. The number of urea groups is 1. The van der Waals surface area contributed by atoms with Gasteiger partial charge in [-0.2, -0.15) is 5.10 Å². The van der Waals surface area contributed by atoms with Crippen molar-refractivity contribution in [1.82, 2.24) is 19.7 Å². The molecule has 0 radical (unpaired) electrons. The summed E-state index contributed by atoms with van der Waals surface area (Å²) in [5.74, 6) is 0.552. The summed E-state index contributed by atoms with van der Waals surface area (Å²) in [5.41, 5.74) is 1.22. The van der Waals surface area contributed by atoms with Crippen LogP contribution in [0.5, 0.6) is 0 Å². The van der Waals surface area contributed by atoms with Crippen LogP contribution in [-0.2, 0) is 13.6 Å². The van der Waals surface area contributed by atoms with E-state index < -0.39 is 0 Å². The Morgan fingerprint density at radius 3 is 2.86 bits per heavy atom. The maximum atomic E-state index is 11.7. The van der Waals surface area contributed by atoms with Crippen molar-refractivity contribution in [3.63, 3.8) is 0 Å². The first-order valence-electron chi connectivity index (χ1n) is 7.31. The van der Waals surface area contributed by atoms with Crippen LogP contribution >= 0.6 is 0 Å². The second kappa shape index (κ2) is 6.34. The first-order valence-corrected chi connectivity index (χ1v) is 7.31. The Labute approximate surface area is 128 Å². The molecule has 6 heteroatoms. The van der Waals surface area contributed by atoms with Crippen LogP contribution in [0.25, 0.3) is 10.9 Å². The van der Waals surface area contributed by atoms with E-state index in [9.17, 15) is 4.79 Å². The van der Waals surface area contributed by atoms with Crippen molar-refractivity contribution in [3.05, 3.63) is 48.8 Å². The van der Waals surface area contributed by atoms with Crippen molar-refractivity contribution >= 4 is 22.8 Å². The Bertz CT molecular complexity index is 774. The number of benzene rings is 1. The minimum absolute atomic E-state index is 0.226. The second-order valence-corrected chi connectivity index (χ2v) is 5.18. The van der Waals surface area contributed by atoms with Crippen LogP contribution in [0.2, 0.25) is 0 Å². The number of fused-ring (bicyclic) bond motifs is 1. The van der Waals surface area contributed by atoms with Gasteiger partial charge >= 0.3 is 6.03 Å². The molecule has 22 heavy (non-hydrogen) atoms. The van der Waals surface area contributed by atoms with Gasteiger partial charge in [0, 0.05) is 44.1 Å². The summed E-state index contributed by atoms with van der Waals surface area (Å²) in [6.07, 6.45) is 4.74. The number of carbonyl (C=O) groups is 1. The van der Waals surface area contributed by atoms with Crippen LogP contribution in [0.4, 0.5) is 10.6 Å². The average Bonchev–Trinajstić information content (AvgIpc) is 3.10. The average molecular weight is 297 g/mol. The molecule has 0 saturated carbocycles. The number of para-hydroxylation sites is 1. The Hall–Kier alpha value is -2.76. The summed E-state index contributed by atoms with van der Waals surface area (Å²) in [6.45, 7) is 1.49. The van der Waals surface area contributed by atoms with Crippen molar-refractivity contribution < 1.29 is 4.79 Å². The normalized spacial score (nSPS) is 10.8. The molecule has 0 atom stereocenters. The molecule has 0 bridgehead atoms. The van der Waals surface area contributed by atoms with Gasteiger partial charge in [-0.3, -0.25) is 10.00 Å². The molecule has 0 aliphatic carbocycles. The number of anilines is 1. The highest BCUT2D eigenvalue weighted by Crippen LogP contribution is 2.15. The third-order valence-electron chi connectivity index (χ3n) is 3.50. The fourth-order valence-electron chi connectivity index (χ4n) is 2.43. The van der Waals surface area contributed by atoms with Gasteiger partial charge in [0.15, 0.2) is 5.82 Å². The Morgan fingerprint density at radius 2 is 2.05 bits per heavy atom. The van der Waals surface area contributed by atoms with Gasteiger partial charge in [-0.25, -0.2) is 4.79 Å². The zero-order valence-electron chi connectivity index (χ0n) is 12.5. The lowest BCUT2D eigenvalue weighted by Gasteiger charge is -2.07. The number of aromatic nitrogens is 3. The number of hydrogen-bond acceptors (Lipinski definition) is 2. The molecule has 0 aliphatic heterocycles. The lowest BCUT2D eigenvalue weighted by molar-refractivity contribution is 0.251. The van der Waals surface area contributed by atoms with E-state index in [0.717, 1.165) is 13.0 Å². The summed E-state index contributed by atoms with van der Waals surface area (Å²) in [4.78, 5) is 11.7. The molecule has 1 aromatic carbocycles. The third kappa shape index (κ3) is 3.28. The van der Waals surface area contributed by atoms with E-state index in [2.05, 4.69) is 44.7 Å². The number of amides is 2. The topological polar surface area (TPSA) is 63.9 Å². The van der Waals surface area contributed by atoms with Gasteiger partial charge in [0.2, 0.25) is 0 Å². The molecule has 2 aromatic heterocycles. The SMILES string of the molecule is Cn1ccc(NC(=O)NCCCn2ccc3ccccc32)n1. The van der Waals surface area contributed by atoms with Gasteiger partial charge in [-0.1, -0.05) is 18.2 Å². The van der Waals surface area contributed by atoms with Gasteiger partial charge < -0.3 is 9.88 Å². The molecule has 0 unspecified atom stereocenters. The molecule has 114 valence electrons. The molecule has 0 saturated heterocycles. The molecule has 0 fully saturated rings. The first-order chi connectivity index (χ1) is 10.7. The Balaban J connectivity index is 1.44. The van der Waals surface area contributed by atoms with E-state index in [0.29, 0.717) is 12.4 Å². The molecular weight excluding hydrogens is 278 g/mol. The van der Waals surface area contributed by atoms with E-state index >= 15 is 0 Å². The van der Waals surface area contributed by atoms with Crippen molar-refractivity contribution in [2.75, 3.05) is 11.9 Å². The summed E-state index contributed by atoms with van der Waals surface area (Å²) in [6, 6.07) is 11.9. The standard InChI is InChI=1S/C16H19N5O/c1-20-11-8-15(19-20)18-16(22)17-9-4-10-21-12-7-13-5-2-3-6-14(13)21/h2-3,5-8,11-12H,4,9-10H2,1H3,(H2,17,18,19,22). The predicted molar refractivity (Wildman–Crippen MR) is 86.8 cm³/mol. The first kappa shape index (κ1) is 14.2. The minimum atomic E-state index is -0.226. The van der Waals surface area contributed by atoms with E-state index in [4.69, 9.17) is 0 Å². The van der Waals surface area contributed by atoms with Crippen LogP contribution < -0.4 is 10.6 Å². The van der Waals surface area contributed by atoms with E-state index in [1.165, 1.54) is 10.9 Å². The molecule has 6 nitrogen and oxygen atoms in total.